The van der Waals surface area contributed by atoms with E-state index in [0.29, 0.717) is 23.6 Å². The fourth-order valence-electron chi connectivity index (χ4n) is 5.20. The van der Waals surface area contributed by atoms with Gasteiger partial charge < -0.3 is 20.0 Å². The summed E-state index contributed by atoms with van der Waals surface area (Å²) in [4.78, 5) is 20.3. The van der Waals surface area contributed by atoms with Crippen molar-refractivity contribution < 1.29 is 15.0 Å². The van der Waals surface area contributed by atoms with Gasteiger partial charge in [0.25, 0.3) is 5.91 Å². The second-order valence-electron chi connectivity index (χ2n) is 10.3. The molecule has 0 saturated carbocycles. The molecule has 0 radical (unpaired) electrons. The summed E-state index contributed by atoms with van der Waals surface area (Å²) in [6, 6.07) is 9.99. The van der Waals surface area contributed by atoms with E-state index in [4.69, 9.17) is 0 Å². The standard InChI is InChI=1S/C27H33N3O3/c1-19(2)21-6-8-22(9-7-21)27(33,25(3)17-29(4)18-25)23-14-20(15-28-16-23)10-11-26(32)12-13-30(5)24(26)31/h6-9,14-16,19,32-33H,12-13,17-18H2,1-5H3. The third kappa shape index (κ3) is 3.95. The molecule has 1 aromatic carbocycles. The number of hydrogen-bond acceptors (Lipinski definition) is 5. The quantitative estimate of drug-likeness (QED) is 0.704. The molecule has 0 spiro atoms. The molecule has 2 unspecified atom stereocenters. The molecule has 4 rings (SSSR count). The predicted octanol–water partition coefficient (Wildman–Crippen LogP) is 2.34. The van der Waals surface area contributed by atoms with E-state index in [2.05, 4.69) is 54.6 Å². The van der Waals surface area contributed by atoms with Crippen LogP contribution >= 0.6 is 0 Å². The van der Waals surface area contributed by atoms with Crippen molar-refractivity contribution in [2.24, 2.45) is 5.41 Å². The van der Waals surface area contributed by atoms with Gasteiger partial charge in [-0.2, -0.15) is 0 Å². The smallest absolute Gasteiger partial charge is 0.267 e. The Labute approximate surface area is 196 Å². The molecule has 2 fully saturated rings. The maximum atomic E-state index is 12.3. The van der Waals surface area contributed by atoms with Crippen molar-refractivity contribution in [3.63, 3.8) is 0 Å². The van der Waals surface area contributed by atoms with Crippen molar-refractivity contribution in [1.82, 2.24) is 14.8 Å². The Morgan fingerprint density at radius 2 is 1.79 bits per heavy atom. The highest BCUT2D eigenvalue weighted by Gasteiger charge is 2.55. The van der Waals surface area contributed by atoms with Crippen LogP contribution in [0.3, 0.4) is 0 Å². The van der Waals surface area contributed by atoms with E-state index in [0.717, 1.165) is 18.7 Å². The summed E-state index contributed by atoms with van der Waals surface area (Å²) >= 11 is 0. The molecule has 174 valence electrons. The van der Waals surface area contributed by atoms with Gasteiger partial charge in [-0.15, -0.1) is 0 Å². The Morgan fingerprint density at radius 3 is 2.33 bits per heavy atom. The zero-order valence-electron chi connectivity index (χ0n) is 20.1. The van der Waals surface area contributed by atoms with Gasteiger partial charge in [0, 0.05) is 62.0 Å². The minimum atomic E-state index is -1.67. The summed E-state index contributed by atoms with van der Waals surface area (Å²) in [6.07, 6.45) is 3.56. The fraction of sp³-hybridized carbons (Fsp3) is 0.481. The number of hydrogen-bond donors (Lipinski definition) is 2. The molecular formula is C27H33N3O3. The number of nitrogens with zero attached hydrogens (tertiary/aromatic N) is 3. The molecule has 6 heteroatoms. The van der Waals surface area contributed by atoms with E-state index in [1.54, 1.807) is 19.4 Å². The zero-order chi connectivity index (χ0) is 24.0. The van der Waals surface area contributed by atoms with Gasteiger partial charge in [0.15, 0.2) is 0 Å². The molecule has 2 atom stereocenters. The van der Waals surface area contributed by atoms with Gasteiger partial charge in [0.2, 0.25) is 5.60 Å². The van der Waals surface area contributed by atoms with E-state index in [-0.39, 0.29) is 12.3 Å². The second-order valence-corrected chi connectivity index (χ2v) is 10.3. The van der Waals surface area contributed by atoms with Crippen LogP contribution in [0.25, 0.3) is 0 Å². The van der Waals surface area contributed by atoms with E-state index < -0.39 is 16.6 Å². The Hall–Kier alpha value is -2.72. The lowest BCUT2D eigenvalue weighted by molar-refractivity contribution is -0.137. The number of pyridine rings is 1. The lowest BCUT2D eigenvalue weighted by Crippen LogP contribution is -2.63. The van der Waals surface area contributed by atoms with Crippen LogP contribution in [0.1, 0.15) is 55.4 Å². The van der Waals surface area contributed by atoms with Gasteiger partial charge in [-0.25, -0.2) is 0 Å². The maximum absolute atomic E-state index is 12.3. The molecule has 2 aliphatic heterocycles. The van der Waals surface area contributed by atoms with Crippen LogP contribution in [0.2, 0.25) is 0 Å². The van der Waals surface area contributed by atoms with Crippen LogP contribution in [0, 0.1) is 17.3 Å². The van der Waals surface area contributed by atoms with Crippen LogP contribution in [0.5, 0.6) is 0 Å². The summed E-state index contributed by atoms with van der Waals surface area (Å²) in [7, 11) is 3.70. The van der Waals surface area contributed by atoms with Crippen LogP contribution < -0.4 is 0 Å². The largest absolute Gasteiger partial charge is 0.380 e. The summed E-state index contributed by atoms with van der Waals surface area (Å²) < 4.78 is 0. The van der Waals surface area contributed by atoms with Gasteiger partial charge in [0.05, 0.1) is 0 Å². The average molecular weight is 448 g/mol. The number of benzene rings is 1. The number of aliphatic hydroxyl groups is 2. The highest BCUT2D eigenvalue weighted by atomic mass is 16.3. The molecule has 2 aliphatic rings. The summed E-state index contributed by atoms with van der Waals surface area (Å²) in [5, 5.41) is 22.9. The predicted molar refractivity (Wildman–Crippen MR) is 127 cm³/mol. The van der Waals surface area contributed by atoms with Crippen LogP contribution in [0.4, 0.5) is 0 Å². The minimum absolute atomic E-state index is 0.277. The molecule has 2 aromatic rings. The number of likely N-dealkylation sites (N-methyl/N-ethyl adjacent to an activating group) is 1. The monoisotopic (exact) mass is 447 g/mol. The lowest BCUT2D eigenvalue weighted by atomic mass is 9.62. The lowest BCUT2D eigenvalue weighted by Gasteiger charge is -2.55. The molecule has 6 nitrogen and oxygen atoms in total. The Morgan fingerprint density at radius 1 is 1.12 bits per heavy atom. The Bertz CT molecular complexity index is 1110. The molecule has 3 heterocycles. The van der Waals surface area contributed by atoms with Crippen molar-refractivity contribution in [2.75, 3.05) is 33.7 Å². The third-order valence-corrected chi connectivity index (χ3v) is 7.19. The number of carbonyl (C=O) groups excluding carboxylic acids is 1. The van der Waals surface area contributed by atoms with E-state index in [1.165, 1.54) is 10.5 Å². The highest BCUT2D eigenvalue weighted by Crippen LogP contribution is 2.50. The number of amides is 1. The van der Waals surface area contributed by atoms with E-state index in [9.17, 15) is 15.0 Å². The minimum Gasteiger partial charge on any atom is -0.380 e. The first-order chi connectivity index (χ1) is 15.5. The van der Waals surface area contributed by atoms with Crippen molar-refractivity contribution in [3.8, 4) is 11.8 Å². The van der Waals surface area contributed by atoms with E-state index >= 15 is 0 Å². The third-order valence-electron chi connectivity index (χ3n) is 7.19. The van der Waals surface area contributed by atoms with Crippen molar-refractivity contribution in [3.05, 3.63) is 65.0 Å². The Kier molecular flexibility index (Phi) is 5.86. The SMILES string of the molecule is CC(C)c1ccc(C(O)(c2cncc(C#CC3(O)CCN(C)C3=O)c2)C2(C)CN(C)C2)cc1. The van der Waals surface area contributed by atoms with Crippen molar-refractivity contribution in [1.29, 1.82) is 0 Å². The number of likely N-dealkylation sites (tertiary alicyclic amines) is 2. The molecule has 2 N–H and O–H groups in total. The highest BCUT2D eigenvalue weighted by molar-refractivity contribution is 5.90. The normalized spacial score (nSPS) is 24.2. The van der Waals surface area contributed by atoms with Crippen LogP contribution in [-0.2, 0) is 10.4 Å². The van der Waals surface area contributed by atoms with Crippen molar-refractivity contribution >= 4 is 5.91 Å². The maximum Gasteiger partial charge on any atom is 0.267 e. The fourth-order valence-corrected chi connectivity index (χ4v) is 5.20. The Balaban J connectivity index is 1.75. The topological polar surface area (TPSA) is 76.9 Å². The van der Waals surface area contributed by atoms with Gasteiger partial charge in [0.1, 0.15) is 5.60 Å². The van der Waals surface area contributed by atoms with Gasteiger partial charge in [-0.1, -0.05) is 56.9 Å². The summed E-state index contributed by atoms with van der Waals surface area (Å²) in [5.41, 5.74) is -0.0938. The summed E-state index contributed by atoms with van der Waals surface area (Å²) in [6.45, 7) is 8.35. The number of rotatable bonds is 4. The molecule has 0 aliphatic carbocycles. The first-order valence-corrected chi connectivity index (χ1v) is 11.5. The molecule has 1 aromatic heterocycles. The first kappa shape index (κ1) is 23.4. The molecule has 33 heavy (non-hydrogen) atoms. The van der Waals surface area contributed by atoms with Gasteiger partial charge in [-0.3, -0.25) is 9.78 Å². The molecular weight excluding hydrogens is 414 g/mol. The number of aromatic nitrogens is 1. The van der Waals surface area contributed by atoms with Crippen LogP contribution in [-0.4, -0.2) is 70.2 Å². The van der Waals surface area contributed by atoms with Crippen molar-refractivity contribution in [2.45, 2.75) is 44.3 Å². The molecule has 2 saturated heterocycles. The molecule has 1 amide bonds. The first-order valence-electron chi connectivity index (χ1n) is 11.5. The second kappa shape index (κ2) is 8.25. The number of carbonyl (C=O) groups is 1. The molecule has 0 bridgehead atoms. The average Bonchev–Trinajstić information content (AvgIpc) is 3.04. The zero-order valence-corrected chi connectivity index (χ0v) is 20.1. The van der Waals surface area contributed by atoms with Gasteiger partial charge in [-0.05, 0) is 30.2 Å². The van der Waals surface area contributed by atoms with Crippen LogP contribution in [0.15, 0.2) is 42.7 Å². The van der Waals surface area contributed by atoms with E-state index in [1.807, 2.05) is 25.2 Å². The summed E-state index contributed by atoms with van der Waals surface area (Å²) in [5.74, 6) is 5.70. The van der Waals surface area contributed by atoms with Gasteiger partial charge >= 0.3 is 0 Å².